The summed E-state index contributed by atoms with van der Waals surface area (Å²) >= 11 is 0. The predicted molar refractivity (Wildman–Crippen MR) is 70.4 cm³/mol. The summed E-state index contributed by atoms with van der Waals surface area (Å²) in [6, 6.07) is 4.30. The van der Waals surface area contributed by atoms with E-state index in [1.165, 1.54) is 18.2 Å². The Labute approximate surface area is 116 Å². The van der Waals surface area contributed by atoms with Crippen LogP contribution in [-0.2, 0) is 4.79 Å². The van der Waals surface area contributed by atoms with Gasteiger partial charge >= 0.3 is 0 Å². The molecular formula is C14H16N2O4. The number of nitrogens with zero attached hydrogens (tertiary/aromatic N) is 2. The molecule has 0 bridgehead atoms. The van der Waals surface area contributed by atoms with Crippen LogP contribution in [0.3, 0.4) is 0 Å². The molecule has 6 heteroatoms. The maximum atomic E-state index is 12.4. The van der Waals surface area contributed by atoms with Crippen LogP contribution in [-0.4, -0.2) is 57.5 Å². The van der Waals surface area contributed by atoms with E-state index in [0.29, 0.717) is 26.1 Å². The Morgan fingerprint density at radius 1 is 1.20 bits per heavy atom. The van der Waals surface area contributed by atoms with Crippen molar-refractivity contribution in [1.29, 1.82) is 0 Å². The highest BCUT2D eigenvalue weighted by Gasteiger charge is 2.37. The van der Waals surface area contributed by atoms with E-state index in [4.69, 9.17) is 0 Å². The first-order chi connectivity index (χ1) is 9.58. The number of piperazine rings is 1. The summed E-state index contributed by atoms with van der Waals surface area (Å²) in [5.74, 6) is -0.688. The first kappa shape index (κ1) is 12.8. The number of phenolic OH excluding ortho intramolecular Hbond substituents is 2. The van der Waals surface area contributed by atoms with Gasteiger partial charge in [0.05, 0.1) is 0 Å². The Bertz CT molecular complexity index is 552. The molecule has 106 valence electrons. The van der Waals surface area contributed by atoms with Crippen LogP contribution in [0.5, 0.6) is 11.5 Å². The fourth-order valence-electron chi connectivity index (χ4n) is 2.95. The molecule has 2 aliphatic rings. The number of carbonyl (C=O) groups is 2. The van der Waals surface area contributed by atoms with Crippen LogP contribution < -0.4 is 0 Å². The summed E-state index contributed by atoms with van der Waals surface area (Å²) in [4.78, 5) is 27.4. The average molecular weight is 276 g/mol. The fourth-order valence-corrected chi connectivity index (χ4v) is 2.95. The Balaban J connectivity index is 1.80. The molecule has 2 amide bonds. The Kier molecular flexibility index (Phi) is 3.00. The quantitative estimate of drug-likeness (QED) is 0.784. The highest BCUT2D eigenvalue weighted by atomic mass is 16.3. The number of amides is 2. The van der Waals surface area contributed by atoms with Crippen molar-refractivity contribution in [2.75, 3.05) is 19.6 Å². The van der Waals surface area contributed by atoms with Crippen LogP contribution in [0, 0.1) is 0 Å². The lowest BCUT2D eigenvalue weighted by molar-refractivity contribution is -0.130. The van der Waals surface area contributed by atoms with Gasteiger partial charge in [0.2, 0.25) is 5.91 Å². The highest BCUT2D eigenvalue weighted by molar-refractivity contribution is 5.99. The maximum Gasteiger partial charge on any atom is 0.261 e. The Morgan fingerprint density at radius 2 is 1.90 bits per heavy atom. The van der Waals surface area contributed by atoms with E-state index in [9.17, 15) is 19.8 Å². The van der Waals surface area contributed by atoms with Gasteiger partial charge in [0, 0.05) is 32.1 Å². The van der Waals surface area contributed by atoms with Gasteiger partial charge in [-0.15, -0.1) is 0 Å². The number of benzene rings is 1. The lowest BCUT2D eigenvalue weighted by atomic mass is 10.1. The molecule has 2 aliphatic heterocycles. The van der Waals surface area contributed by atoms with Gasteiger partial charge in [-0.2, -0.15) is 0 Å². The van der Waals surface area contributed by atoms with Crippen LogP contribution in [0.4, 0.5) is 0 Å². The smallest absolute Gasteiger partial charge is 0.261 e. The topological polar surface area (TPSA) is 81.1 Å². The number of hydrogen-bond acceptors (Lipinski definition) is 4. The molecule has 3 rings (SSSR count). The number of aromatic hydroxyl groups is 2. The van der Waals surface area contributed by atoms with Crippen molar-refractivity contribution < 1.29 is 19.8 Å². The zero-order valence-electron chi connectivity index (χ0n) is 11.0. The highest BCUT2D eigenvalue weighted by Crippen LogP contribution is 2.30. The maximum absolute atomic E-state index is 12.4. The van der Waals surface area contributed by atoms with Crippen molar-refractivity contribution in [3.63, 3.8) is 0 Å². The number of hydrogen-bond donors (Lipinski definition) is 2. The zero-order valence-corrected chi connectivity index (χ0v) is 11.0. The minimum Gasteiger partial charge on any atom is -0.507 e. The van der Waals surface area contributed by atoms with Gasteiger partial charge < -0.3 is 20.0 Å². The van der Waals surface area contributed by atoms with E-state index in [0.717, 1.165) is 6.42 Å². The standard InChI is InChI=1S/C14H16N2O4/c17-10-2-1-3-11(18)13(10)14(20)15-6-7-16-9(8-15)4-5-12(16)19/h1-3,9,17-18H,4-8H2. The SMILES string of the molecule is O=C(c1c(O)cccc1O)N1CCN2C(=O)CCC2C1. The average Bonchev–Trinajstić information content (AvgIpc) is 2.79. The van der Waals surface area contributed by atoms with Crippen LogP contribution in [0.25, 0.3) is 0 Å². The molecule has 0 aliphatic carbocycles. The van der Waals surface area contributed by atoms with E-state index in [1.807, 2.05) is 4.90 Å². The van der Waals surface area contributed by atoms with Crippen molar-refractivity contribution >= 4 is 11.8 Å². The summed E-state index contributed by atoms with van der Waals surface area (Å²) in [6.07, 6.45) is 1.30. The number of rotatable bonds is 1. The molecule has 6 nitrogen and oxygen atoms in total. The summed E-state index contributed by atoms with van der Waals surface area (Å²) in [6.45, 7) is 1.40. The van der Waals surface area contributed by atoms with E-state index >= 15 is 0 Å². The molecule has 20 heavy (non-hydrogen) atoms. The molecule has 1 unspecified atom stereocenters. The third kappa shape index (κ3) is 1.97. The van der Waals surface area contributed by atoms with Gasteiger partial charge in [0.15, 0.2) is 0 Å². The number of phenols is 2. The monoisotopic (exact) mass is 276 g/mol. The first-order valence-corrected chi connectivity index (χ1v) is 6.67. The van der Waals surface area contributed by atoms with E-state index < -0.39 is 0 Å². The molecule has 2 saturated heterocycles. The van der Waals surface area contributed by atoms with Crippen LogP contribution in [0.2, 0.25) is 0 Å². The zero-order chi connectivity index (χ0) is 14.3. The lowest BCUT2D eigenvalue weighted by Gasteiger charge is -2.37. The van der Waals surface area contributed by atoms with E-state index in [2.05, 4.69) is 0 Å². The van der Waals surface area contributed by atoms with Gasteiger partial charge in [0.25, 0.3) is 5.91 Å². The summed E-state index contributed by atoms with van der Waals surface area (Å²) in [5, 5.41) is 19.5. The van der Waals surface area contributed by atoms with Crippen molar-refractivity contribution in [3.8, 4) is 11.5 Å². The molecule has 0 saturated carbocycles. The second-order valence-electron chi connectivity index (χ2n) is 5.20. The normalized spacial score (nSPS) is 22.0. The third-order valence-electron chi connectivity index (χ3n) is 4.02. The molecular weight excluding hydrogens is 260 g/mol. The summed E-state index contributed by atoms with van der Waals surface area (Å²) in [5.41, 5.74) is -0.0646. The Hall–Kier alpha value is -2.24. The Morgan fingerprint density at radius 3 is 2.60 bits per heavy atom. The summed E-state index contributed by atoms with van der Waals surface area (Å²) in [7, 11) is 0. The van der Waals surface area contributed by atoms with Crippen LogP contribution in [0.15, 0.2) is 18.2 Å². The molecule has 1 aromatic rings. The molecule has 1 aromatic carbocycles. The summed E-state index contributed by atoms with van der Waals surface area (Å²) < 4.78 is 0. The number of fused-ring (bicyclic) bond motifs is 1. The molecule has 2 N–H and O–H groups in total. The minimum absolute atomic E-state index is 0.0631. The van der Waals surface area contributed by atoms with Crippen molar-refractivity contribution in [2.24, 2.45) is 0 Å². The molecule has 0 spiro atoms. The van der Waals surface area contributed by atoms with Gasteiger partial charge in [-0.05, 0) is 18.6 Å². The van der Waals surface area contributed by atoms with E-state index in [-0.39, 0.29) is 34.9 Å². The third-order valence-corrected chi connectivity index (χ3v) is 4.02. The van der Waals surface area contributed by atoms with Gasteiger partial charge in [-0.1, -0.05) is 6.07 Å². The lowest BCUT2D eigenvalue weighted by Crippen LogP contribution is -2.53. The van der Waals surface area contributed by atoms with Crippen molar-refractivity contribution in [3.05, 3.63) is 23.8 Å². The second kappa shape index (κ2) is 4.70. The molecule has 0 aromatic heterocycles. The molecule has 2 heterocycles. The minimum atomic E-state index is -0.389. The van der Waals surface area contributed by atoms with Crippen LogP contribution >= 0.6 is 0 Å². The van der Waals surface area contributed by atoms with Crippen LogP contribution in [0.1, 0.15) is 23.2 Å². The van der Waals surface area contributed by atoms with Crippen molar-refractivity contribution in [1.82, 2.24) is 9.80 Å². The molecule has 2 fully saturated rings. The van der Waals surface area contributed by atoms with Gasteiger partial charge in [-0.3, -0.25) is 9.59 Å². The molecule has 1 atom stereocenters. The first-order valence-electron chi connectivity index (χ1n) is 6.67. The molecule has 0 radical (unpaired) electrons. The van der Waals surface area contributed by atoms with E-state index in [1.54, 1.807) is 4.90 Å². The second-order valence-corrected chi connectivity index (χ2v) is 5.20. The largest absolute Gasteiger partial charge is 0.507 e. The van der Waals surface area contributed by atoms with Gasteiger partial charge in [0.1, 0.15) is 17.1 Å². The van der Waals surface area contributed by atoms with Crippen molar-refractivity contribution in [2.45, 2.75) is 18.9 Å². The predicted octanol–water partition coefficient (Wildman–Crippen LogP) is 0.545. The van der Waals surface area contributed by atoms with Gasteiger partial charge in [-0.25, -0.2) is 0 Å². The fraction of sp³-hybridized carbons (Fsp3) is 0.429. The number of carbonyl (C=O) groups excluding carboxylic acids is 2.